The molecular formula is C11H12N2O4. The molecule has 90 valence electrons. The predicted molar refractivity (Wildman–Crippen MR) is 58.7 cm³/mol. The number of hydrogen-bond donors (Lipinski definition) is 2. The molecule has 2 heterocycles. The van der Waals surface area contributed by atoms with Crippen molar-refractivity contribution in [1.82, 2.24) is 4.98 Å². The molecule has 0 bridgehead atoms. The molecule has 0 aliphatic carbocycles. The van der Waals surface area contributed by atoms with Crippen LogP contribution in [0, 0.1) is 5.92 Å². The second kappa shape index (κ2) is 4.50. The number of pyridine rings is 1. The molecule has 1 aromatic heterocycles. The zero-order chi connectivity index (χ0) is 12.4. The average molecular weight is 236 g/mol. The molecule has 1 atom stereocenters. The molecule has 1 unspecified atom stereocenters. The van der Waals surface area contributed by atoms with Crippen LogP contribution in [0.15, 0.2) is 18.3 Å². The summed E-state index contributed by atoms with van der Waals surface area (Å²) in [7, 11) is 0. The van der Waals surface area contributed by atoms with E-state index in [4.69, 9.17) is 10.2 Å². The number of carbonyl (C=O) groups excluding carboxylic acids is 1. The van der Waals surface area contributed by atoms with E-state index in [1.165, 1.54) is 23.2 Å². The molecular weight excluding hydrogens is 224 g/mol. The first-order chi connectivity index (χ1) is 8.11. The minimum absolute atomic E-state index is 0.0323. The van der Waals surface area contributed by atoms with Crippen LogP contribution >= 0.6 is 0 Å². The molecule has 2 rings (SSSR count). The van der Waals surface area contributed by atoms with Crippen molar-refractivity contribution in [2.75, 3.05) is 18.1 Å². The molecule has 1 fully saturated rings. The Kier molecular flexibility index (Phi) is 3.06. The van der Waals surface area contributed by atoms with Crippen molar-refractivity contribution in [3.05, 3.63) is 23.9 Å². The molecule has 1 aliphatic rings. The van der Waals surface area contributed by atoms with Crippen LogP contribution in [0.3, 0.4) is 0 Å². The molecule has 17 heavy (non-hydrogen) atoms. The van der Waals surface area contributed by atoms with Crippen LogP contribution in [0.4, 0.5) is 5.82 Å². The number of aromatic carboxylic acids is 1. The minimum atomic E-state index is -1.05. The number of aliphatic hydroxyl groups excluding tert-OH is 1. The zero-order valence-corrected chi connectivity index (χ0v) is 9.04. The van der Waals surface area contributed by atoms with Crippen molar-refractivity contribution in [3.63, 3.8) is 0 Å². The van der Waals surface area contributed by atoms with Crippen molar-refractivity contribution >= 4 is 17.7 Å². The fourth-order valence-corrected chi connectivity index (χ4v) is 1.80. The largest absolute Gasteiger partial charge is 0.478 e. The van der Waals surface area contributed by atoms with E-state index in [1.807, 2.05) is 0 Å². The maximum Gasteiger partial charge on any atom is 0.337 e. The van der Waals surface area contributed by atoms with E-state index in [0.717, 1.165) is 0 Å². The Hall–Kier alpha value is -1.95. The van der Waals surface area contributed by atoms with Crippen LogP contribution in [0.1, 0.15) is 16.8 Å². The number of carboxylic acid groups (broad SMARTS) is 1. The quantitative estimate of drug-likeness (QED) is 0.778. The summed E-state index contributed by atoms with van der Waals surface area (Å²) < 4.78 is 0. The summed E-state index contributed by atoms with van der Waals surface area (Å²) in [5, 5.41) is 17.7. The monoisotopic (exact) mass is 236 g/mol. The van der Waals surface area contributed by atoms with Gasteiger partial charge in [0.15, 0.2) is 0 Å². The van der Waals surface area contributed by atoms with Gasteiger partial charge in [-0.25, -0.2) is 9.78 Å². The van der Waals surface area contributed by atoms with Crippen molar-refractivity contribution in [2.45, 2.75) is 6.42 Å². The number of nitrogens with zero attached hydrogens (tertiary/aromatic N) is 2. The van der Waals surface area contributed by atoms with Gasteiger partial charge < -0.3 is 10.2 Å². The Bertz CT molecular complexity index is 443. The van der Waals surface area contributed by atoms with Crippen LogP contribution in [0.25, 0.3) is 0 Å². The topological polar surface area (TPSA) is 90.7 Å². The summed E-state index contributed by atoms with van der Waals surface area (Å²) in [6, 6.07) is 2.91. The predicted octanol–water partition coefficient (Wildman–Crippen LogP) is 0.125. The number of amides is 1. The van der Waals surface area contributed by atoms with Gasteiger partial charge in [-0.1, -0.05) is 0 Å². The molecule has 0 spiro atoms. The normalized spacial score (nSPS) is 19.7. The number of carboxylic acids is 1. The lowest BCUT2D eigenvalue weighted by atomic mass is 10.1. The highest BCUT2D eigenvalue weighted by atomic mass is 16.4. The molecule has 2 N–H and O–H groups in total. The van der Waals surface area contributed by atoms with Crippen molar-refractivity contribution in [3.8, 4) is 0 Å². The van der Waals surface area contributed by atoms with E-state index >= 15 is 0 Å². The molecule has 0 saturated carbocycles. The molecule has 1 amide bonds. The third kappa shape index (κ3) is 2.26. The van der Waals surface area contributed by atoms with Gasteiger partial charge in [0.25, 0.3) is 0 Å². The van der Waals surface area contributed by atoms with Crippen molar-refractivity contribution in [1.29, 1.82) is 0 Å². The number of carbonyl (C=O) groups is 2. The lowest BCUT2D eigenvalue weighted by molar-refractivity contribution is -0.117. The average Bonchev–Trinajstić information content (AvgIpc) is 2.71. The maximum atomic E-state index is 11.6. The fraction of sp³-hybridized carbons (Fsp3) is 0.364. The van der Waals surface area contributed by atoms with Gasteiger partial charge >= 0.3 is 5.97 Å². The van der Waals surface area contributed by atoms with E-state index < -0.39 is 5.97 Å². The van der Waals surface area contributed by atoms with Gasteiger partial charge in [-0.15, -0.1) is 0 Å². The van der Waals surface area contributed by atoms with Crippen LogP contribution < -0.4 is 4.90 Å². The SMILES string of the molecule is O=C(O)c1ccc(N2CC(CO)CC2=O)nc1. The van der Waals surface area contributed by atoms with Crippen LogP contribution in [-0.2, 0) is 4.79 Å². The lowest BCUT2D eigenvalue weighted by Gasteiger charge is -2.14. The second-order valence-corrected chi connectivity index (χ2v) is 3.97. The molecule has 6 nitrogen and oxygen atoms in total. The smallest absolute Gasteiger partial charge is 0.337 e. The van der Waals surface area contributed by atoms with E-state index in [0.29, 0.717) is 18.8 Å². The number of aromatic nitrogens is 1. The molecule has 1 aromatic rings. The van der Waals surface area contributed by atoms with Gasteiger partial charge in [0, 0.05) is 31.7 Å². The lowest BCUT2D eigenvalue weighted by Crippen LogP contribution is -2.25. The van der Waals surface area contributed by atoms with Gasteiger partial charge in [-0.3, -0.25) is 9.69 Å². The van der Waals surface area contributed by atoms with Gasteiger partial charge in [0.1, 0.15) is 5.82 Å². The van der Waals surface area contributed by atoms with E-state index in [1.54, 1.807) is 0 Å². The molecule has 0 aromatic carbocycles. The first-order valence-corrected chi connectivity index (χ1v) is 5.22. The number of rotatable bonds is 3. The molecule has 0 radical (unpaired) electrons. The van der Waals surface area contributed by atoms with Gasteiger partial charge in [0.2, 0.25) is 5.91 Å². The number of anilines is 1. The Morgan fingerprint density at radius 2 is 2.29 bits per heavy atom. The summed E-state index contributed by atoms with van der Waals surface area (Å²) in [4.78, 5) is 27.7. The van der Waals surface area contributed by atoms with E-state index in [-0.39, 0.29) is 24.0 Å². The Labute approximate surface area is 97.5 Å². The number of aliphatic hydroxyl groups is 1. The van der Waals surface area contributed by atoms with E-state index in [2.05, 4.69) is 4.98 Å². The summed E-state index contributed by atoms with van der Waals surface area (Å²) >= 11 is 0. The molecule has 1 aliphatic heterocycles. The van der Waals surface area contributed by atoms with Gasteiger partial charge in [-0.2, -0.15) is 0 Å². The first kappa shape index (κ1) is 11.5. The third-order valence-corrected chi connectivity index (χ3v) is 2.73. The first-order valence-electron chi connectivity index (χ1n) is 5.22. The van der Waals surface area contributed by atoms with Crippen molar-refractivity contribution in [2.24, 2.45) is 5.92 Å². The summed E-state index contributed by atoms with van der Waals surface area (Å²) in [6.45, 7) is 0.393. The zero-order valence-electron chi connectivity index (χ0n) is 9.04. The van der Waals surface area contributed by atoms with E-state index in [9.17, 15) is 9.59 Å². The van der Waals surface area contributed by atoms with Crippen LogP contribution in [0.5, 0.6) is 0 Å². The summed E-state index contributed by atoms with van der Waals surface area (Å²) in [5.74, 6) is -0.788. The molecule has 6 heteroatoms. The summed E-state index contributed by atoms with van der Waals surface area (Å²) in [5.41, 5.74) is 0.0825. The van der Waals surface area contributed by atoms with Crippen LogP contribution in [-0.4, -0.2) is 40.2 Å². The Morgan fingerprint density at radius 1 is 1.53 bits per heavy atom. The van der Waals surface area contributed by atoms with Crippen LogP contribution in [0.2, 0.25) is 0 Å². The number of hydrogen-bond acceptors (Lipinski definition) is 4. The Morgan fingerprint density at radius 3 is 2.76 bits per heavy atom. The molecule has 1 saturated heterocycles. The van der Waals surface area contributed by atoms with Gasteiger partial charge in [-0.05, 0) is 12.1 Å². The highest BCUT2D eigenvalue weighted by molar-refractivity contribution is 5.95. The second-order valence-electron chi connectivity index (χ2n) is 3.97. The maximum absolute atomic E-state index is 11.6. The summed E-state index contributed by atoms with van der Waals surface area (Å²) in [6.07, 6.45) is 1.52. The van der Waals surface area contributed by atoms with Gasteiger partial charge in [0.05, 0.1) is 5.56 Å². The third-order valence-electron chi connectivity index (χ3n) is 2.73. The standard InChI is InChI=1S/C11H12N2O4/c14-6-7-3-10(15)13(5-7)9-2-1-8(4-12-9)11(16)17/h1-2,4,7,14H,3,5-6H2,(H,16,17). The fourth-order valence-electron chi connectivity index (χ4n) is 1.80. The van der Waals surface area contributed by atoms with Crippen molar-refractivity contribution < 1.29 is 19.8 Å². The minimum Gasteiger partial charge on any atom is -0.478 e. The Balaban J connectivity index is 2.18. The highest BCUT2D eigenvalue weighted by Gasteiger charge is 2.30. The highest BCUT2D eigenvalue weighted by Crippen LogP contribution is 2.22.